The Kier molecular flexibility index (Phi) is 11.9. The van der Waals surface area contributed by atoms with Gasteiger partial charge in [0.15, 0.2) is 0 Å². The molecule has 35 heavy (non-hydrogen) atoms. The molecule has 200 valence electrons. The van der Waals surface area contributed by atoms with E-state index in [4.69, 9.17) is 0 Å². The minimum atomic E-state index is -1.22. The van der Waals surface area contributed by atoms with Gasteiger partial charge in [-0.1, -0.05) is 46.5 Å². The Balaban J connectivity index is 2.24. The highest BCUT2D eigenvalue weighted by atomic mass is 16.3. The lowest BCUT2D eigenvalue weighted by atomic mass is 9.93. The number of piperidine rings is 1. The molecule has 0 aromatic heterocycles. The van der Waals surface area contributed by atoms with Crippen LogP contribution >= 0.6 is 0 Å². The molecule has 2 fully saturated rings. The Hall–Kier alpha value is -2.20. The van der Waals surface area contributed by atoms with Crippen molar-refractivity contribution in [1.29, 1.82) is 0 Å². The number of unbranched alkanes of at least 4 members (excludes halogenated alkanes) is 2. The quantitative estimate of drug-likeness (QED) is 0.280. The van der Waals surface area contributed by atoms with Crippen LogP contribution in [0.4, 0.5) is 0 Å². The fourth-order valence-corrected chi connectivity index (χ4v) is 4.70. The molecule has 0 aliphatic carbocycles. The van der Waals surface area contributed by atoms with Crippen LogP contribution in [-0.2, 0) is 19.2 Å². The monoisotopic (exact) mass is 496 g/mol. The number of aliphatic hydroxyl groups is 2. The van der Waals surface area contributed by atoms with E-state index in [1.54, 1.807) is 4.90 Å². The zero-order valence-corrected chi connectivity index (χ0v) is 21.4. The van der Waals surface area contributed by atoms with Gasteiger partial charge in [0.1, 0.15) is 24.2 Å². The number of nitrogens with zero attached hydrogens (tertiary/aromatic N) is 1. The summed E-state index contributed by atoms with van der Waals surface area (Å²) in [6.45, 7) is 5.49. The summed E-state index contributed by atoms with van der Waals surface area (Å²) in [7, 11) is 0. The summed E-state index contributed by atoms with van der Waals surface area (Å²) in [4.78, 5) is 54.4. The van der Waals surface area contributed by atoms with Crippen LogP contribution in [0.25, 0.3) is 0 Å². The molecule has 2 heterocycles. The van der Waals surface area contributed by atoms with Gasteiger partial charge < -0.3 is 31.1 Å². The summed E-state index contributed by atoms with van der Waals surface area (Å²) in [5.41, 5.74) is 0. The first-order valence-corrected chi connectivity index (χ1v) is 13.2. The van der Waals surface area contributed by atoms with Gasteiger partial charge in [-0.2, -0.15) is 0 Å². The van der Waals surface area contributed by atoms with Crippen molar-refractivity contribution < 1.29 is 29.4 Å². The van der Waals surface area contributed by atoms with Gasteiger partial charge in [-0.25, -0.2) is 0 Å². The highest BCUT2D eigenvalue weighted by Gasteiger charge is 2.40. The Morgan fingerprint density at radius 1 is 0.914 bits per heavy atom. The third kappa shape index (κ3) is 8.17. The number of rotatable bonds is 10. The second-order valence-corrected chi connectivity index (χ2v) is 9.92. The van der Waals surface area contributed by atoms with Crippen LogP contribution in [0.2, 0.25) is 0 Å². The largest absolute Gasteiger partial charge is 0.394 e. The summed E-state index contributed by atoms with van der Waals surface area (Å²) >= 11 is 0. The van der Waals surface area contributed by atoms with E-state index < -0.39 is 42.6 Å². The lowest BCUT2D eigenvalue weighted by molar-refractivity contribution is -0.148. The smallest absolute Gasteiger partial charge is 0.246 e. The molecule has 5 N–H and O–H groups in total. The van der Waals surface area contributed by atoms with E-state index in [0.29, 0.717) is 45.1 Å². The molecule has 2 unspecified atom stereocenters. The second-order valence-electron chi connectivity index (χ2n) is 9.92. The van der Waals surface area contributed by atoms with E-state index in [0.717, 1.165) is 25.7 Å². The Morgan fingerprint density at radius 3 is 2.26 bits per heavy atom. The number of carbonyl (C=O) groups excluding carboxylic acids is 4. The van der Waals surface area contributed by atoms with E-state index >= 15 is 0 Å². The molecule has 0 saturated carbocycles. The standard InChI is InChI=1S/C25H44N4O6/c1-4-16(3)21-25(35)29-14-10-9-13-20(29)24(34)26-18(12-8-6-7-11-17(31)5-2)22(32)27-19(15-30)23(33)28-21/h16-21,30-31H,4-15H2,1-3H3,(H,26,34)(H,27,32)(H,28,33)/t16?,17?,18-,19+,20+,21-/m0/s1. The van der Waals surface area contributed by atoms with E-state index in [1.165, 1.54) is 0 Å². The molecule has 4 amide bonds. The Morgan fingerprint density at radius 2 is 1.60 bits per heavy atom. The van der Waals surface area contributed by atoms with Crippen molar-refractivity contribution in [3.63, 3.8) is 0 Å². The van der Waals surface area contributed by atoms with Crippen LogP contribution in [-0.4, -0.2) is 82.2 Å². The lowest BCUT2D eigenvalue weighted by Crippen LogP contribution is -2.64. The maximum atomic E-state index is 13.5. The van der Waals surface area contributed by atoms with Crippen molar-refractivity contribution in [1.82, 2.24) is 20.9 Å². The lowest BCUT2D eigenvalue weighted by Gasteiger charge is -2.39. The molecular weight excluding hydrogens is 452 g/mol. The number of aliphatic hydroxyl groups excluding tert-OH is 2. The van der Waals surface area contributed by atoms with Crippen molar-refractivity contribution in [2.75, 3.05) is 13.2 Å². The number of hydrogen-bond donors (Lipinski definition) is 5. The number of hydrogen-bond acceptors (Lipinski definition) is 6. The summed E-state index contributed by atoms with van der Waals surface area (Å²) in [6.07, 6.45) is 6.34. The first kappa shape index (κ1) is 29.0. The predicted molar refractivity (Wildman–Crippen MR) is 131 cm³/mol. The maximum absolute atomic E-state index is 13.5. The van der Waals surface area contributed by atoms with E-state index in [9.17, 15) is 29.4 Å². The molecule has 6 atom stereocenters. The highest BCUT2D eigenvalue weighted by Crippen LogP contribution is 2.22. The van der Waals surface area contributed by atoms with Gasteiger partial charge in [0.2, 0.25) is 23.6 Å². The number of fused-ring (bicyclic) bond motifs is 1. The van der Waals surface area contributed by atoms with Crippen molar-refractivity contribution >= 4 is 23.6 Å². The average molecular weight is 497 g/mol. The molecule has 0 aromatic carbocycles. The van der Waals surface area contributed by atoms with Crippen LogP contribution in [0, 0.1) is 5.92 Å². The normalized spacial score (nSPS) is 28.1. The second kappa shape index (κ2) is 14.4. The fraction of sp³-hybridized carbons (Fsp3) is 0.840. The van der Waals surface area contributed by atoms with Crippen LogP contribution in [0.1, 0.15) is 85.0 Å². The third-order valence-corrected chi connectivity index (χ3v) is 7.32. The summed E-state index contributed by atoms with van der Waals surface area (Å²) in [5.74, 6) is -2.01. The topological polar surface area (TPSA) is 148 Å². The summed E-state index contributed by atoms with van der Waals surface area (Å²) < 4.78 is 0. The molecule has 0 spiro atoms. The number of carbonyl (C=O) groups is 4. The SMILES string of the molecule is CCC(O)CCCCC[C@@H]1NC(=O)[C@H]2CCCCN2C(=O)[C@H](C(C)CC)NC(=O)[C@@H](CO)NC1=O. The molecule has 2 aliphatic rings. The third-order valence-electron chi connectivity index (χ3n) is 7.32. The van der Waals surface area contributed by atoms with Crippen molar-refractivity contribution in [3.8, 4) is 0 Å². The Labute approximate surface area is 208 Å². The molecule has 2 rings (SSSR count). The molecule has 2 saturated heterocycles. The predicted octanol–water partition coefficient (Wildman–Crippen LogP) is 0.595. The highest BCUT2D eigenvalue weighted by molar-refractivity contribution is 5.97. The first-order valence-electron chi connectivity index (χ1n) is 13.2. The zero-order chi connectivity index (χ0) is 26.0. The van der Waals surface area contributed by atoms with Crippen molar-refractivity contribution in [3.05, 3.63) is 0 Å². The molecule has 0 aromatic rings. The molecule has 10 heteroatoms. The van der Waals surface area contributed by atoms with Gasteiger partial charge in [-0.3, -0.25) is 19.2 Å². The van der Waals surface area contributed by atoms with Gasteiger partial charge >= 0.3 is 0 Å². The van der Waals surface area contributed by atoms with Crippen LogP contribution in [0.15, 0.2) is 0 Å². The molecule has 0 bridgehead atoms. The fourth-order valence-electron chi connectivity index (χ4n) is 4.70. The van der Waals surface area contributed by atoms with E-state index in [1.807, 2.05) is 20.8 Å². The van der Waals surface area contributed by atoms with Gasteiger partial charge in [-0.15, -0.1) is 0 Å². The van der Waals surface area contributed by atoms with Crippen molar-refractivity contribution in [2.24, 2.45) is 5.92 Å². The molecule has 0 radical (unpaired) electrons. The van der Waals surface area contributed by atoms with Gasteiger partial charge in [-0.05, 0) is 44.4 Å². The van der Waals surface area contributed by atoms with Crippen LogP contribution in [0.3, 0.4) is 0 Å². The zero-order valence-electron chi connectivity index (χ0n) is 21.4. The summed E-state index contributed by atoms with van der Waals surface area (Å²) in [6, 6.07) is -3.65. The van der Waals surface area contributed by atoms with Crippen LogP contribution < -0.4 is 16.0 Å². The average Bonchev–Trinajstić information content (AvgIpc) is 2.87. The van der Waals surface area contributed by atoms with E-state index in [2.05, 4.69) is 16.0 Å². The molecule has 10 nitrogen and oxygen atoms in total. The first-order chi connectivity index (χ1) is 16.7. The van der Waals surface area contributed by atoms with Crippen molar-refractivity contribution in [2.45, 2.75) is 115 Å². The van der Waals surface area contributed by atoms with Gasteiger partial charge in [0.05, 0.1) is 12.7 Å². The number of nitrogens with one attached hydrogen (secondary N) is 3. The van der Waals surface area contributed by atoms with Gasteiger partial charge in [0, 0.05) is 6.54 Å². The summed E-state index contributed by atoms with van der Waals surface area (Å²) in [5, 5.41) is 27.6. The van der Waals surface area contributed by atoms with Gasteiger partial charge in [0.25, 0.3) is 0 Å². The molecule has 2 aliphatic heterocycles. The Bertz CT molecular complexity index is 733. The molecular formula is C25H44N4O6. The van der Waals surface area contributed by atoms with E-state index in [-0.39, 0.29) is 23.8 Å². The minimum Gasteiger partial charge on any atom is -0.394 e. The maximum Gasteiger partial charge on any atom is 0.246 e. The number of amides is 4. The van der Waals surface area contributed by atoms with Crippen LogP contribution in [0.5, 0.6) is 0 Å². The minimum absolute atomic E-state index is 0.186.